The molecule has 82 valence electrons. The maximum absolute atomic E-state index is 11.5. The molecule has 1 heterocycles. The lowest BCUT2D eigenvalue weighted by atomic mass is 10.1. The number of hydrogen-bond acceptors (Lipinski definition) is 3. The molecule has 0 saturated heterocycles. The molecule has 0 unspecified atom stereocenters. The van der Waals surface area contributed by atoms with Crippen molar-refractivity contribution in [3.8, 4) is 0 Å². The zero-order valence-electron chi connectivity index (χ0n) is 9.36. The van der Waals surface area contributed by atoms with E-state index in [1.807, 2.05) is 38.1 Å². The molecular formula is C13H13NO2. The average molecular weight is 215 g/mol. The van der Waals surface area contributed by atoms with E-state index in [-0.39, 0.29) is 5.97 Å². The highest BCUT2D eigenvalue weighted by molar-refractivity contribution is 6.07. The minimum atomic E-state index is -0.361. The first kappa shape index (κ1) is 10.6. The van der Waals surface area contributed by atoms with Gasteiger partial charge in [0.05, 0.1) is 0 Å². The number of benzene rings is 1. The standard InChI is InChI=1S/C13H13NO2/c1-3-12-14-11(13(15)16-12)8-10-7-5-4-6-9(10)2/h4-8H,3H2,1-2H3/b11-8-. The highest BCUT2D eigenvalue weighted by atomic mass is 16.6. The molecule has 0 radical (unpaired) electrons. The third kappa shape index (κ3) is 2.03. The van der Waals surface area contributed by atoms with Gasteiger partial charge in [-0.15, -0.1) is 0 Å². The second kappa shape index (κ2) is 4.31. The topological polar surface area (TPSA) is 38.7 Å². The van der Waals surface area contributed by atoms with Crippen molar-refractivity contribution in [1.82, 2.24) is 0 Å². The molecule has 1 aliphatic rings. The Morgan fingerprint density at radius 1 is 1.38 bits per heavy atom. The quantitative estimate of drug-likeness (QED) is 0.562. The van der Waals surface area contributed by atoms with E-state index in [0.717, 1.165) is 11.1 Å². The molecule has 0 aromatic heterocycles. The first-order valence-electron chi connectivity index (χ1n) is 5.27. The number of aliphatic imine (C=N–C) groups is 1. The third-order valence-corrected chi connectivity index (χ3v) is 2.45. The number of carbonyl (C=O) groups is 1. The fraction of sp³-hybridized carbons (Fsp3) is 0.231. The van der Waals surface area contributed by atoms with Crippen molar-refractivity contribution in [1.29, 1.82) is 0 Å². The molecule has 0 atom stereocenters. The van der Waals surface area contributed by atoms with Gasteiger partial charge in [0.15, 0.2) is 11.6 Å². The van der Waals surface area contributed by atoms with Crippen molar-refractivity contribution >= 4 is 17.9 Å². The maximum Gasteiger partial charge on any atom is 0.363 e. The van der Waals surface area contributed by atoms with Crippen LogP contribution in [0.2, 0.25) is 0 Å². The summed E-state index contributed by atoms with van der Waals surface area (Å²) < 4.78 is 4.98. The highest BCUT2D eigenvalue weighted by Crippen LogP contribution is 2.18. The molecular weight excluding hydrogens is 202 g/mol. The minimum absolute atomic E-state index is 0.361. The van der Waals surface area contributed by atoms with Gasteiger partial charge in [0.1, 0.15) is 0 Å². The number of nitrogens with zero attached hydrogens (tertiary/aromatic N) is 1. The van der Waals surface area contributed by atoms with Gasteiger partial charge in [-0.05, 0) is 24.1 Å². The summed E-state index contributed by atoms with van der Waals surface area (Å²) in [6.07, 6.45) is 2.40. The second-order valence-corrected chi connectivity index (χ2v) is 3.63. The van der Waals surface area contributed by atoms with E-state index in [2.05, 4.69) is 4.99 Å². The summed E-state index contributed by atoms with van der Waals surface area (Å²) in [5.41, 5.74) is 2.49. The Kier molecular flexibility index (Phi) is 2.86. The van der Waals surface area contributed by atoms with E-state index in [4.69, 9.17) is 4.74 Å². The molecule has 0 spiro atoms. The Bertz CT molecular complexity index is 486. The summed E-state index contributed by atoms with van der Waals surface area (Å²) in [5, 5.41) is 0. The van der Waals surface area contributed by atoms with Crippen LogP contribution < -0.4 is 0 Å². The predicted octanol–water partition coefficient (Wildman–Crippen LogP) is 2.70. The lowest BCUT2D eigenvalue weighted by molar-refractivity contribution is -0.130. The lowest BCUT2D eigenvalue weighted by Gasteiger charge is -1.98. The summed E-state index contributed by atoms with van der Waals surface area (Å²) in [6, 6.07) is 7.85. The van der Waals surface area contributed by atoms with Crippen LogP contribution in [0, 0.1) is 6.92 Å². The molecule has 3 heteroatoms. The summed E-state index contributed by atoms with van der Waals surface area (Å²) in [7, 11) is 0. The smallest absolute Gasteiger partial charge is 0.363 e. The first-order valence-corrected chi connectivity index (χ1v) is 5.27. The SMILES string of the molecule is CCC1=N/C(=C\c2ccccc2C)C(=O)O1. The summed E-state index contributed by atoms with van der Waals surface area (Å²) in [4.78, 5) is 15.6. The van der Waals surface area contributed by atoms with E-state index < -0.39 is 0 Å². The van der Waals surface area contributed by atoms with Crippen LogP contribution in [0.15, 0.2) is 35.0 Å². The van der Waals surface area contributed by atoms with E-state index in [0.29, 0.717) is 18.0 Å². The minimum Gasteiger partial charge on any atom is -0.407 e. The molecule has 2 rings (SSSR count). The third-order valence-electron chi connectivity index (χ3n) is 2.45. The first-order chi connectivity index (χ1) is 7.70. The Balaban J connectivity index is 2.35. The number of cyclic esters (lactones) is 1. The molecule has 3 nitrogen and oxygen atoms in total. The van der Waals surface area contributed by atoms with Crippen molar-refractivity contribution in [2.45, 2.75) is 20.3 Å². The fourth-order valence-electron chi connectivity index (χ4n) is 1.50. The van der Waals surface area contributed by atoms with E-state index in [1.165, 1.54) is 0 Å². The van der Waals surface area contributed by atoms with Crippen molar-refractivity contribution in [3.63, 3.8) is 0 Å². The Morgan fingerprint density at radius 2 is 2.12 bits per heavy atom. The van der Waals surface area contributed by atoms with E-state index in [1.54, 1.807) is 6.08 Å². The highest BCUT2D eigenvalue weighted by Gasteiger charge is 2.21. The van der Waals surface area contributed by atoms with Gasteiger partial charge >= 0.3 is 5.97 Å². The Hall–Kier alpha value is -1.90. The number of hydrogen-bond donors (Lipinski definition) is 0. The van der Waals surface area contributed by atoms with Crippen molar-refractivity contribution < 1.29 is 9.53 Å². The van der Waals surface area contributed by atoms with Crippen molar-refractivity contribution in [3.05, 3.63) is 41.1 Å². The van der Waals surface area contributed by atoms with Gasteiger partial charge in [-0.3, -0.25) is 0 Å². The van der Waals surface area contributed by atoms with Gasteiger partial charge in [0.25, 0.3) is 0 Å². The van der Waals surface area contributed by atoms with E-state index >= 15 is 0 Å². The van der Waals surface area contributed by atoms with Crippen LogP contribution in [0.4, 0.5) is 0 Å². The number of aryl methyl sites for hydroxylation is 1. The number of rotatable bonds is 2. The van der Waals surface area contributed by atoms with Gasteiger partial charge in [-0.2, -0.15) is 0 Å². The lowest BCUT2D eigenvalue weighted by Crippen LogP contribution is -2.02. The fourth-order valence-corrected chi connectivity index (χ4v) is 1.50. The number of esters is 1. The monoisotopic (exact) mass is 215 g/mol. The molecule has 0 amide bonds. The van der Waals surface area contributed by atoms with Crippen LogP contribution in [0.25, 0.3) is 6.08 Å². The summed E-state index contributed by atoms with van der Waals surface area (Å²) in [6.45, 7) is 3.90. The molecule has 1 aromatic carbocycles. The molecule has 0 aliphatic carbocycles. The van der Waals surface area contributed by atoms with Crippen LogP contribution in [0.5, 0.6) is 0 Å². The normalized spacial score (nSPS) is 17.5. The van der Waals surface area contributed by atoms with Crippen LogP contribution in [0.3, 0.4) is 0 Å². The summed E-state index contributed by atoms with van der Waals surface area (Å²) >= 11 is 0. The van der Waals surface area contributed by atoms with Crippen molar-refractivity contribution in [2.75, 3.05) is 0 Å². The molecule has 0 bridgehead atoms. The number of ether oxygens (including phenoxy) is 1. The van der Waals surface area contributed by atoms with Gasteiger partial charge in [0.2, 0.25) is 0 Å². The van der Waals surface area contributed by atoms with Gasteiger partial charge in [-0.25, -0.2) is 9.79 Å². The van der Waals surface area contributed by atoms with Gasteiger partial charge < -0.3 is 4.74 Å². The van der Waals surface area contributed by atoms with Gasteiger partial charge in [0, 0.05) is 6.42 Å². The van der Waals surface area contributed by atoms with Crippen molar-refractivity contribution in [2.24, 2.45) is 4.99 Å². The molecule has 1 aromatic rings. The molecule has 0 N–H and O–H groups in total. The largest absolute Gasteiger partial charge is 0.407 e. The van der Waals surface area contributed by atoms with Crippen LogP contribution in [0.1, 0.15) is 24.5 Å². The Morgan fingerprint density at radius 3 is 2.75 bits per heavy atom. The van der Waals surface area contributed by atoms with Crippen LogP contribution in [-0.4, -0.2) is 11.9 Å². The molecule has 1 aliphatic heterocycles. The number of carbonyl (C=O) groups excluding carboxylic acids is 1. The molecule has 0 fully saturated rings. The average Bonchev–Trinajstić information content (AvgIpc) is 2.63. The zero-order valence-corrected chi connectivity index (χ0v) is 9.36. The van der Waals surface area contributed by atoms with E-state index in [9.17, 15) is 4.79 Å². The zero-order chi connectivity index (χ0) is 11.5. The Labute approximate surface area is 94.5 Å². The molecule has 16 heavy (non-hydrogen) atoms. The van der Waals surface area contributed by atoms with Gasteiger partial charge in [-0.1, -0.05) is 31.2 Å². The molecule has 0 saturated carbocycles. The maximum atomic E-state index is 11.5. The predicted molar refractivity (Wildman–Crippen MR) is 63.0 cm³/mol. The van der Waals surface area contributed by atoms with Crippen LogP contribution in [-0.2, 0) is 9.53 Å². The van der Waals surface area contributed by atoms with Crippen LogP contribution >= 0.6 is 0 Å². The second-order valence-electron chi connectivity index (χ2n) is 3.63. The summed E-state index contributed by atoms with van der Waals surface area (Å²) in [5.74, 6) is 0.130.